The van der Waals surface area contributed by atoms with Gasteiger partial charge in [-0.3, -0.25) is 9.59 Å². The summed E-state index contributed by atoms with van der Waals surface area (Å²) in [5, 5.41) is 0. The highest BCUT2D eigenvalue weighted by Gasteiger charge is 2.33. The summed E-state index contributed by atoms with van der Waals surface area (Å²) in [6.07, 6.45) is 1.85. The van der Waals surface area contributed by atoms with Crippen molar-refractivity contribution in [2.45, 2.75) is 26.3 Å². The van der Waals surface area contributed by atoms with Crippen LogP contribution < -0.4 is 19.3 Å². The summed E-state index contributed by atoms with van der Waals surface area (Å²) in [4.78, 5) is 29.5. The number of fused-ring (bicyclic) bond motifs is 1. The Morgan fingerprint density at radius 3 is 2.73 bits per heavy atom. The molecule has 1 amide bonds. The number of rotatable bonds is 6. The Morgan fingerprint density at radius 2 is 1.93 bits per heavy atom. The van der Waals surface area contributed by atoms with Crippen molar-refractivity contribution in [1.82, 2.24) is 4.90 Å². The lowest BCUT2D eigenvalue weighted by Crippen LogP contribution is -3.15. The number of ether oxygens (including phenoxy) is 3. The minimum absolute atomic E-state index is 0.0653. The van der Waals surface area contributed by atoms with Crippen LogP contribution >= 0.6 is 0 Å². The molecule has 0 saturated carbocycles. The second-order valence-corrected chi connectivity index (χ2v) is 8.47. The molecule has 8 heteroatoms. The molecule has 0 bridgehead atoms. The van der Waals surface area contributed by atoms with Gasteiger partial charge in [0.15, 0.2) is 18.0 Å². The molecule has 0 radical (unpaired) electrons. The smallest absolute Gasteiger partial charge is 0.314 e. The molecule has 3 aliphatic heterocycles. The molecule has 1 unspecified atom stereocenters. The predicted octanol–water partition coefficient (Wildman–Crippen LogP) is -1.50. The Hall–Kier alpha value is -2.32. The van der Waals surface area contributed by atoms with Crippen molar-refractivity contribution in [2.75, 3.05) is 59.2 Å². The number of carbonyl (C=O) groups excluding carboxylic acids is 2. The molecule has 0 aromatic heterocycles. The number of likely N-dealkylation sites (tertiary alicyclic amines) is 1. The molecule has 0 spiro atoms. The third-order valence-corrected chi connectivity index (χ3v) is 6.35. The third-order valence-electron chi connectivity index (χ3n) is 6.35. The zero-order valence-electron chi connectivity index (χ0n) is 17.8. The lowest BCUT2D eigenvalue weighted by molar-refractivity contribution is -0.918. The van der Waals surface area contributed by atoms with E-state index in [2.05, 4.69) is 12.1 Å². The average Bonchev–Trinajstić information content (AvgIpc) is 3.22. The number of nitrogens with zero attached hydrogens (tertiary/aromatic N) is 1. The summed E-state index contributed by atoms with van der Waals surface area (Å²) in [6.45, 7) is 9.08. The maximum absolute atomic E-state index is 12.8. The van der Waals surface area contributed by atoms with Gasteiger partial charge in [-0.15, -0.1) is 0 Å². The Labute approximate surface area is 177 Å². The van der Waals surface area contributed by atoms with Gasteiger partial charge in [-0.05, 0) is 38.0 Å². The van der Waals surface area contributed by atoms with Crippen LogP contribution in [0.15, 0.2) is 18.2 Å². The molecular weight excluding hydrogens is 386 g/mol. The standard InChI is InChI=1S/C22H31N3O5/c1-2-28-22(27)18-4-3-7-24(14-18)15-21(26)25-10-8-23(9-11-25)13-17-5-6-19-20(12-17)30-16-29-19/h5-6,12,18H,2-4,7-11,13-16H2,1H3/p+2/t18-/m1/s1. The van der Waals surface area contributed by atoms with E-state index in [-0.39, 0.29) is 17.8 Å². The first-order valence-electron chi connectivity index (χ1n) is 11.1. The van der Waals surface area contributed by atoms with E-state index in [1.165, 1.54) is 15.4 Å². The first-order chi connectivity index (χ1) is 14.6. The number of esters is 1. The van der Waals surface area contributed by atoms with Crippen molar-refractivity contribution in [1.29, 1.82) is 0 Å². The first-order valence-corrected chi connectivity index (χ1v) is 11.1. The molecule has 164 valence electrons. The van der Waals surface area contributed by atoms with Crippen molar-refractivity contribution in [3.63, 3.8) is 0 Å². The van der Waals surface area contributed by atoms with Crippen LogP contribution in [0.1, 0.15) is 25.3 Å². The fourth-order valence-corrected chi connectivity index (χ4v) is 4.69. The maximum Gasteiger partial charge on any atom is 0.314 e. The number of carbonyl (C=O) groups is 2. The number of nitrogens with one attached hydrogen (secondary N) is 2. The zero-order chi connectivity index (χ0) is 20.9. The minimum Gasteiger partial charge on any atom is -0.466 e. The van der Waals surface area contributed by atoms with Gasteiger partial charge in [-0.1, -0.05) is 0 Å². The van der Waals surface area contributed by atoms with E-state index in [0.29, 0.717) is 26.5 Å². The van der Waals surface area contributed by atoms with Gasteiger partial charge >= 0.3 is 5.97 Å². The molecule has 2 fully saturated rings. The van der Waals surface area contributed by atoms with E-state index in [9.17, 15) is 9.59 Å². The lowest BCUT2D eigenvalue weighted by Gasteiger charge is -2.34. The van der Waals surface area contributed by atoms with Crippen molar-refractivity contribution in [3.05, 3.63) is 23.8 Å². The topological polar surface area (TPSA) is 74.0 Å². The van der Waals surface area contributed by atoms with E-state index in [1.807, 2.05) is 17.9 Å². The van der Waals surface area contributed by atoms with E-state index in [4.69, 9.17) is 14.2 Å². The predicted molar refractivity (Wildman–Crippen MR) is 108 cm³/mol. The molecule has 0 aliphatic carbocycles. The number of quaternary nitrogens is 2. The number of benzene rings is 1. The van der Waals surface area contributed by atoms with Gasteiger partial charge in [-0.25, -0.2) is 0 Å². The molecule has 2 N–H and O–H groups in total. The van der Waals surface area contributed by atoms with Gasteiger partial charge in [0.2, 0.25) is 6.79 Å². The summed E-state index contributed by atoms with van der Waals surface area (Å²) in [5.41, 5.74) is 1.23. The fraction of sp³-hybridized carbons (Fsp3) is 0.636. The van der Waals surface area contributed by atoms with Crippen molar-refractivity contribution in [3.8, 4) is 11.5 Å². The van der Waals surface area contributed by atoms with Gasteiger partial charge in [0.25, 0.3) is 5.91 Å². The highest BCUT2D eigenvalue weighted by molar-refractivity contribution is 5.77. The molecule has 8 nitrogen and oxygen atoms in total. The van der Waals surface area contributed by atoms with Crippen LogP contribution in [0.2, 0.25) is 0 Å². The van der Waals surface area contributed by atoms with Crippen molar-refractivity contribution >= 4 is 11.9 Å². The van der Waals surface area contributed by atoms with Gasteiger partial charge in [0, 0.05) is 5.56 Å². The van der Waals surface area contributed by atoms with Crippen LogP contribution in [0, 0.1) is 5.92 Å². The van der Waals surface area contributed by atoms with E-state index in [1.54, 1.807) is 0 Å². The zero-order valence-corrected chi connectivity index (χ0v) is 17.8. The monoisotopic (exact) mass is 419 g/mol. The minimum atomic E-state index is -0.108. The Kier molecular flexibility index (Phi) is 6.74. The second kappa shape index (κ2) is 9.66. The average molecular weight is 420 g/mol. The quantitative estimate of drug-likeness (QED) is 0.549. The van der Waals surface area contributed by atoms with Crippen LogP contribution in [0.4, 0.5) is 0 Å². The van der Waals surface area contributed by atoms with Gasteiger partial charge in [0.05, 0.1) is 45.9 Å². The number of piperazine rings is 1. The molecule has 2 atom stereocenters. The van der Waals surface area contributed by atoms with Crippen LogP contribution in [-0.2, 0) is 20.9 Å². The normalized spacial score (nSPS) is 24.0. The molecule has 4 rings (SSSR count). The van der Waals surface area contributed by atoms with Gasteiger partial charge < -0.3 is 28.9 Å². The number of piperidine rings is 1. The highest BCUT2D eigenvalue weighted by atomic mass is 16.7. The maximum atomic E-state index is 12.8. The summed E-state index contributed by atoms with van der Waals surface area (Å²) >= 11 is 0. The Balaban J connectivity index is 1.22. The van der Waals surface area contributed by atoms with E-state index in [0.717, 1.165) is 63.6 Å². The number of hydrogen-bond acceptors (Lipinski definition) is 5. The van der Waals surface area contributed by atoms with Crippen LogP contribution in [-0.4, -0.2) is 76.0 Å². The molecule has 30 heavy (non-hydrogen) atoms. The molecular formula is C22H33N3O5+2. The first kappa shape index (κ1) is 20.9. The van der Waals surface area contributed by atoms with Crippen molar-refractivity contribution in [2.24, 2.45) is 5.92 Å². The lowest BCUT2D eigenvalue weighted by atomic mass is 9.98. The third kappa shape index (κ3) is 5.05. The Bertz CT molecular complexity index is 763. The Morgan fingerprint density at radius 1 is 1.13 bits per heavy atom. The fourth-order valence-electron chi connectivity index (χ4n) is 4.69. The summed E-state index contributed by atoms with van der Waals surface area (Å²) in [7, 11) is 0. The molecule has 2 saturated heterocycles. The van der Waals surface area contributed by atoms with Crippen molar-refractivity contribution < 1.29 is 33.6 Å². The van der Waals surface area contributed by atoms with Gasteiger partial charge in [-0.2, -0.15) is 0 Å². The summed E-state index contributed by atoms with van der Waals surface area (Å²) < 4.78 is 16.0. The highest BCUT2D eigenvalue weighted by Crippen LogP contribution is 2.32. The van der Waals surface area contributed by atoms with Crippen LogP contribution in [0.5, 0.6) is 11.5 Å². The molecule has 3 heterocycles. The number of hydrogen-bond donors (Lipinski definition) is 2. The molecule has 1 aromatic rings. The number of amides is 1. The van der Waals surface area contributed by atoms with Crippen LogP contribution in [0.25, 0.3) is 0 Å². The summed E-state index contributed by atoms with van der Waals surface area (Å²) in [6, 6.07) is 6.13. The molecule has 1 aromatic carbocycles. The largest absolute Gasteiger partial charge is 0.466 e. The van der Waals surface area contributed by atoms with Crippen LogP contribution in [0.3, 0.4) is 0 Å². The SMILES string of the molecule is CCOC(=O)[C@@H]1CCC[NH+](CC(=O)N2CC[NH+](Cc3ccc4c(c3)OCO4)CC2)C1. The summed E-state index contributed by atoms with van der Waals surface area (Å²) in [5.74, 6) is 1.67. The van der Waals surface area contributed by atoms with E-state index < -0.39 is 0 Å². The second-order valence-electron chi connectivity index (χ2n) is 8.47. The van der Waals surface area contributed by atoms with Gasteiger partial charge in [0.1, 0.15) is 12.5 Å². The molecule has 3 aliphatic rings. The van der Waals surface area contributed by atoms with E-state index >= 15 is 0 Å².